The molecule has 0 saturated heterocycles. The van der Waals surface area contributed by atoms with Crippen LogP contribution < -0.4 is 0 Å². The average Bonchev–Trinajstić information content (AvgIpc) is 0.722. The van der Waals surface area contributed by atoms with Crippen molar-refractivity contribution < 1.29 is 41.0 Å². The van der Waals surface area contributed by atoms with Gasteiger partial charge in [0.1, 0.15) is 0 Å². The minimum atomic E-state index is -4.64. The van der Waals surface area contributed by atoms with Crippen LogP contribution in [-0.2, 0) is 26.3 Å². The molecule has 0 aliphatic carbocycles. The van der Waals surface area contributed by atoms with Crippen LogP contribution in [0.25, 0.3) is 0 Å². The topological polar surface area (TPSA) is 77.8 Å². The molecule has 0 spiro atoms. The first-order valence-corrected chi connectivity index (χ1v) is 2.35. The van der Waals surface area contributed by atoms with Gasteiger partial charge in [-0.15, -0.1) is 0 Å². The van der Waals surface area contributed by atoms with Gasteiger partial charge < -0.3 is 14.7 Å². The summed E-state index contributed by atoms with van der Waals surface area (Å²) in [6, 6.07) is 0. The maximum absolute atomic E-state index is 8.88. The predicted molar refractivity (Wildman–Crippen MR) is 31.4 cm³/mol. The first kappa shape index (κ1) is 22.4. The molecule has 8 heavy (non-hydrogen) atoms. The van der Waals surface area contributed by atoms with E-state index in [1.165, 1.54) is 0 Å². The van der Waals surface area contributed by atoms with E-state index in [-0.39, 0.29) is 68.6 Å². The Labute approximate surface area is 94.6 Å². The second-order valence-corrected chi connectivity index (χ2v) is 1.54. The summed E-state index contributed by atoms with van der Waals surface area (Å²) in [5.41, 5.74) is 0. The Morgan fingerprint density at radius 2 is 1.12 bits per heavy atom. The first-order valence-electron chi connectivity index (χ1n) is 0.783. The summed E-state index contributed by atoms with van der Waals surface area (Å²) in [5, 5.41) is 0. The van der Waals surface area contributed by atoms with E-state index in [9.17, 15) is 0 Å². The molecule has 8 heteroatoms. The van der Waals surface area contributed by atoms with Crippen molar-refractivity contribution >= 4 is 54.7 Å². The molecule has 0 aliphatic heterocycles. The Bertz CT molecular complexity index is 62.2. The van der Waals surface area contributed by atoms with E-state index in [1.54, 1.807) is 0 Å². The molecule has 0 bridgehead atoms. The SMILES string of the molecule is O=P(O)(O)O.[AlH3].[NaH].[Ti]. The van der Waals surface area contributed by atoms with Gasteiger partial charge in [-0.1, -0.05) is 0 Å². The molecule has 0 rings (SSSR count). The molecule has 0 saturated carbocycles. The van der Waals surface area contributed by atoms with Gasteiger partial charge in [0.25, 0.3) is 0 Å². The molecule has 0 fully saturated rings. The van der Waals surface area contributed by atoms with E-state index >= 15 is 0 Å². The minimum absolute atomic E-state index is 0. The van der Waals surface area contributed by atoms with Gasteiger partial charge in [-0.05, 0) is 0 Å². The van der Waals surface area contributed by atoms with E-state index in [1.807, 2.05) is 0 Å². The van der Waals surface area contributed by atoms with E-state index < -0.39 is 7.82 Å². The van der Waals surface area contributed by atoms with Gasteiger partial charge in [0, 0.05) is 21.7 Å². The molecular formula is H7AlNaO4PTi. The molecule has 0 unspecified atom stereocenters. The van der Waals surface area contributed by atoms with Crippen molar-refractivity contribution in [1.82, 2.24) is 0 Å². The molecule has 0 aromatic rings. The summed E-state index contributed by atoms with van der Waals surface area (Å²) in [5.74, 6) is 0. The van der Waals surface area contributed by atoms with Crippen LogP contribution in [0.15, 0.2) is 0 Å². The Balaban J connectivity index is -0.0000000267. The molecule has 0 atom stereocenters. The van der Waals surface area contributed by atoms with E-state index in [0.29, 0.717) is 0 Å². The van der Waals surface area contributed by atoms with Gasteiger partial charge in [0.15, 0.2) is 17.4 Å². The summed E-state index contributed by atoms with van der Waals surface area (Å²) in [6.07, 6.45) is 0. The third-order valence-corrected chi connectivity index (χ3v) is 0. The molecule has 44 valence electrons. The summed E-state index contributed by atoms with van der Waals surface area (Å²) in [7, 11) is -4.64. The van der Waals surface area contributed by atoms with Gasteiger partial charge in [-0.2, -0.15) is 0 Å². The van der Waals surface area contributed by atoms with Crippen LogP contribution in [0.5, 0.6) is 0 Å². The first-order chi connectivity index (χ1) is 2.00. The second-order valence-electron chi connectivity index (χ2n) is 0.513. The van der Waals surface area contributed by atoms with E-state index in [2.05, 4.69) is 0 Å². The van der Waals surface area contributed by atoms with Crippen LogP contribution >= 0.6 is 7.82 Å². The quantitative estimate of drug-likeness (QED) is 0.292. The molecule has 4 nitrogen and oxygen atoms in total. The zero-order chi connectivity index (χ0) is 4.50. The Kier molecular flexibility index (Phi) is 26.2. The summed E-state index contributed by atoms with van der Waals surface area (Å²) < 4.78 is 8.88. The third kappa shape index (κ3) is 81.4. The smallest absolute Gasteiger partial charge is 0 e. The van der Waals surface area contributed by atoms with Crippen LogP contribution in [0, 0.1) is 0 Å². The van der Waals surface area contributed by atoms with Crippen molar-refractivity contribution in [2.75, 3.05) is 0 Å². The Morgan fingerprint density at radius 3 is 1.12 bits per heavy atom. The maximum atomic E-state index is 8.88. The third-order valence-electron chi connectivity index (χ3n) is 0. The summed E-state index contributed by atoms with van der Waals surface area (Å²) in [4.78, 5) is 21.6. The van der Waals surface area contributed by atoms with Crippen LogP contribution in [0.1, 0.15) is 0 Å². The standard InChI is InChI=1S/Al.Na.H3O4P.Ti.4H/c;;1-5(2,3)4;;;;;/h;;(H3,1,2,3,4);;;;;. The Morgan fingerprint density at radius 1 is 1.12 bits per heavy atom. The van der Waals surface area contributed by atoms with Gasteiger partial charge in [0.2, 0.25) is 0 Å². The molecule has 0 aromatic carbocycles. The molecule has 0 radical (unpaired) electrons. The van der Waals surface area contributed by atoms with Crippen molar-refractivity contribution in [3.63, 3.8) is 0 Å². The van der Waals surface area contributed by atoms with Gasteiger partial charge in [-0.3, -0.25) is 0 Å². The fraction of sp³-hybridized carbons (Fsp3) is 0. The molecule has 3 N–H and O–H groups in total. The summed E-state index contributed by atoms with van der Waals surface area (Å²) in [6.45, 7) is 0. The maximum Gasteiger partial charge on any atom is 0 e. The van der Waals surface area contributed by atoms with E-state index in [4.69, 9.17) is 19.2 Å². The minimum Gasteiger partial charge on any atom is 0 e. The number of rotatable bonds is 0. The molecule has 0 aromatic heterocycles. The van der Waals surface area contributed by atoms with Crippen LogP contribution in [-0.4, -0.2) is 61.6 Å². The normalized spacial score (nSPS) is 7.38. The van der Waals surface area contributed by atoms with Crippen LogP contribution in [0.3, 0.4) is 0 Å². The fourth-order valence-corrected chi connectivity index (χ4v) is 0. The van der Waals surface area contributed by atoms with Crippen molar-refractivity contribution in [3.05, 3.63) is 0 Å². The Hall–Kier alpha value is 2.36. The average molecular weight is 200 g/mol. The van der Waals surface area contributed by atoms with Gasteiger partial charge in [-0.25, -0.2) is 4.57 Å². The van der Waals surface area contributed by atoms with Crippen molar-refractivity contribution in [1.29, 1.82) is 0 Å². The largest absolute Gasteiger partial charge is 0 e. The predicted octanol–water partition coefficient (Wildman–Crippen LogP) is -2.76. The number of hydrogen-bond donors (Lipinski definition) is 3. The monoisotopic (exact) mass is 200 g/mol. The van der Waals surface area contributed by atoms with Crippen LogP contribution in [0.4, 0.5) is 0 Å². The van der Waals surface area contributed by atoms with Crippen molar-refractivity contribution in [2.24, 2.45) is 0 Å². The number of hydrogen-bond acceptors (Lipinski definition) is 1. The zero-order valence-electron chi connectivity index (χ0n) is 2.70. The van der Waals surface area contributed by atoms with Crippen molar-refractivity contribution in [3.8, 4) is 0 Å². The molecule has 0 heterocycles. The van der Waals surface area contributed by atoms with E-state index in [0.717, 1.165) is 0 Å². The fourth-order valence-electron chi connectivity index (χ4n) is 0. The van der Waals surface area contributed by atoms with Gasteiger partial charge >= 0.3 is 37.4 Å². The molecular weight excluding hydrogens is 193 g/mol. The summed E-state index contributed by atoms with van der Waals surface area (Å²) >= 11 is 0. The second kappa shape index (κ2) is 9.36. The number of phosphoric acid groups is 1. The van der Waals surface area contributed by atoms with Crippen molar-refractivity contribution in [2.45, 2.75) is 0 Å². The zero-order valence-corrected chi connectivity index (χ0v) is 5.15. The van der Waals surface area contributed by atoms with Crippen LogP contribution in [0.2, 0.25) is 0 Å². The van der Waals surface area contributed by atoms with Gasteiger partial charge in [0.05, 0.1) is 0 Å². The molecule has 0 amide bonds. The molecule has 0 aliphatic rings.